The van der Waals surface area contributed by atoms with Crippen LogP contribution in [-0.4, -0.2) is 9.97 Å². The number of aromatic amines is 1. The van der Waals surface area contributed by atoms with Gasteiger partial charge in [-0.2, -0.15) is 0 Å². The summed E-state index contributed by atoms with van der Waals surface area (Å²) < 4.78 is 0.726. The minimum Gasteiger partial charge on any atom is -0.346 e. The normalized spacial score (nSPS) is 15.1. The van der Waals surface area contributed by atoms with Gasteiger partial charge >= 0.3 is 0 Å². The van der Waals surface area contributed by atoms with Gasteiger partial charge in [-0.05, 0) is 36.3 Å². The van der Waals surface area contributed by atoms with Gasteiger partial charge in [0, 0.05) is 5.56 Å². The van der Waals surface area contributed by atoms with Gasteiger partial charge in [-0.3, -0.25) is 0 Å². The molecule has 0 bridgehead atoms. The third-order valence-corrected chi connectivity index (χ3v) is 4.58. The summed E-state index contributed by atoms with van der Waals surface area (Å²) in [6.45, 7) is 2.17. The third-order valence-electron chi connectivity index (χ3n) is 4.23. The van der Waals surface area contributed by atoms with Crippen molar-refractivity contribution in [1.29, 1.82) is 0 Å². The van der Waals surface area contributed by atoms with Crippen LogP contribution in [0.3, 0.4) is 0 Å². The zero-order valence-corrected chi connectivity index (χ0v) is 12.7. The van der Waals surface area contributed by atoms with Crippen LogP contribution in [-0.2, 0) is 6.42 Å². The summed E-state index contributed by atoms with van der Waals surface area (Å²) in [6.07, 6.45) is 7.83. The van der Waals surface area contributed by atoms with Crippen LogP contribution >= 0.6 is 12.2 Å². The summed E-state index contributed by atoms with van der Waals surface area (Å²) in [5.74, 6) is 0.787. The van der Waals surface area contributed by atoms with Crippen molar-refractivity contribution in [2.24, 2.45) is 0 Å². The fourth-order valence-electron chi connectivity index (χ4n) is 2.83. The van der Waals surface area contributed by atoms with E-state index in [1.165, 1.54) is 36.0 Å². The van der Waals surface area contributed by atoms with Gasteiger partial charge in [-0.15, -0.1) is 0 Å². The lowest BCUT2D eigenvalue weighted by atomic mass is 9.80. The first-order valence-electron chi connectivity index (χ1n) is 7.46. The fourth-order valence-corrected chi connectivity index (χ4v) is 3.09. The first-order chi connectivity index (χ1) is 9.79. The predicted molar refractivity (Wildman–Crippen MR) is 85.4 cm³/mol. The van der Waals surface area contributed by atoms with Gasteiger partial charge in [0.05, 0.1) is 12.0 Å². The highest BCUT2D eigenvalue weighted by Crippen LogP contribution is 2.37. The lowest BCUT2D eigenvalue weighted by Crippen LogP contribution is -2.08. The molecule has 1 heterocycles. The van der Waals surface area contributed by atoms with Gasteiger partial charge in [0.1, 0.15) is 4.64 Å². The SMILES string of the molecule is CCCc1c(-c2ccc(C3CCC3)cc2)[nH]cnc1=S. The summed E-state index contributed by atoms with van der Waals surface area (Å²) in [6, 6.07) is 8.97. The standard InChI is InChI=1S/C17H20N2S/c1-2-4-15-16(18-11-19-17(15)20)14-9-7-13(8-10-14)12-5-3-6-12/h7-12H,2-6H2,1H3,(H,18,19,20). The summed E-state index contributed by atoms with van der Waals surface area (Å²) in [5.41, 5.74) is 4.99. The Morgan fingerprint density at radius 2 is 2.00 bits per heavy atom. The maximum absolute atomic E-state index is 5.37. The van der Waals surface area contributed by atoms with Crippen molar-refractivity contribution >= 4 is 12.2 Å². The number of hydrogen-bond donors (Lipinski definition) is 1. The Kier molecular flexibility index (Phi) is 3.97. The van der Waals surface area contributed by atoms with E-state index in [1.54, 1.807) is 6.33 Å². The number of nitrogens with one attached hydrogen (secondary N) is 1. The largest absolute Gasteiger partial charge is 0.346 e. The van der Waals surface area contributed by atoms with E-state index >= 15 is 0 Å². The Bertz CT molecular complexity index is 639. The average molecular weight is 284 g/mol. The van der Waals surface area contributed by atoms with Crippen LogP contribution in [0.15, 0.2) is 30.6 Å². The monoisotopic (exact) mass is 284 g/mol. The van der Waals surface area contributed by atoms with Crippen LogP contribution < -0.4 is 0 Å². The van der Waals surface area contributed by atoms with E-state index in [4.69, 9.17) is 12.2 Å². The van der Waals surface area contributed by atoms with E-state index in [2.05, 4.69) is 41.2 Å². The van der Waals surface area contributed by atoms with E-state index in [0.717, 1.165) is 29.1 Å². The van der Waals surface area contributed by atoms with Gasteiger partial charge < -0.3 is 4.98 Å². The zero-order chi connectivity index (χ0) is 13.9. The molecule has 0 amide bonds. The number of nitrogens with zero attached hydrogens (tertiary/aromatic N) is 1. The Hall–Kier alpha value is -1.48. The van der Waals surface area contributed by atoms with Crippen LogP contribution in [0.25, 0.3) is 11.3 Å². The van der Waals surface area contributed by atoms with E-state index in [9.17, 15) is 0 Å². The van der Waals surface area contributed by atoms with Gasteiger partial charge in [-0.25, -0.2) is 4.98 Å². The summed E-state index contributed by atoms with van der Waals surface area (Å²) in [7, 11) is 0. The third kappa shape index (κ3) is 2.55. The van der Waals surface area contributed by atoms with Crippen LogP contribution in [0.5, 0.6) is 0 Å². The molecule has 20 heavy (non-hydrogen) atoms. The molecule has 2 aromatic rings. The minimum absolute atomic E-state index is 0.726. The molecule has 3 heteroatoms. The molecule has 104 valence electrons. The molecule has 0 radical (unpaired) electrons. The molecule has 1 N–H and O–H groups in total. The second kappa shape index (κ2) is 5.88. The molecule has 1 aromatic heterocycles. The molecule has 1 saturated carbocycles. The van der Waals surface area contributed by atoms with Crippen molar-refractivity contribution in [3.63, 3.8) is 0 Å². The highest BCUT2D eigenvalue weighted by molar-refractivity contribution is 7.71. The first kappa shape index (κ1) is 13.5. The number of H-pyrrole nitrogens is 1. The van der Waals surface area contributed by atoms with Crippen molar-refractivity contribution in [2.45, 2.75) is 44.9 Å². The highest BCUT2D eigenvalue weighted by atomic mass is 32.1. The van der Waals surface area contributed by atoms with Crippen LogP contribution in [0.1, 0.15) is 49.7 Å². The van der Waals surface area contributed by atoms with E-state index in [-0.39, 0.29) is 0 Å². The van der Waals surface area contributed by atoms with Crippen LogP contribution in [0, 0.1) is 4.64 Å². The van der Waals surface area contributed by atoms with Crippen molar-refractivity contribution < 1.29 is 0 Å². The van der Waals surface area contributed by atoms with Gasteiger partial charge in [0.25, 0.3) is 0 Å². The Labute approximate surface area is 125 Å². The molecular formula is C17H20N2S. The second-order valence-corrected chi connectivity index (χ2v) is 5.95. The molecular weight excluding hydrogens is 264 g/mol. The summed E-state index contributed by atoms with van der Waals surface area (Å²) in [5, 5.41) is 0. The van der Waals surface area contributed by atoms with Crippen LogP contribution in [0.4, 0.5) is 0 Å². The summed E-state index contributed by atoms with van der Waals surface area (Å²) in [4.78, 5) is 7.49. The lowest BCUT2D eigenvalue weighted by molar-refractivity contribution is 0.420. The Morgan fingerprint density at radius 3 is 2.60 bits per heavy atom. The zero-order valence-electron chi connectivity index (χ0n) is 11.9. The number of hydrogen-bond acceptors (Lipinski definition) is 2. The van der Waals surface area contributed by atoms with E-state index in [0.29, 0.717) is 0 Å². The molecule has 0 aliphatic heterocycles. The molecule has 0 spiro atoms. The van der Waals surface area contributed by atoms with Gasteiger partial charge in [0.2, 0.25) is 0 Å². The van der Waals surface area contributed by atoms with Crippen LogP contribution in [0.2, 0.25) is 0 Å². The second-order valence-electron chi connectivity index (χ2n) is 5.56. The molecule has 1 aromatic carbocycles. The van der Waals surface area contributed by atoms with E-state index < -0.39 is 0 Å². The number of rotatable bonds is 4. The molecule has 2 nitrogen and oxygen atoms in total. The average Bonchev–Trinajstić information content (AvgIpc) is 2.40. The van der Waals surface area contributed by atoms with Crippen molar-refractivity contribution in [3.05, 3.63) is 46.4 Å². The minimum atomic E-state index is 0.726. The predicted octanol–water partition coefficient (Wildman–Crippen LogP) is 5.03. The number of aromatic nitrogens is 2. The Balaban J connectivity index is 1.96. The molecule has 3 rings (SSSR count). The van der Waals surface area contributed by atoms with E-state index in [1.807, 2.05) is 0 Å². The molecule has 0 unspecified atom stereocenters. The topological polar surface area (TPSA) is 28.7 Å². The molecule has 1 aliphatic rings. The van der Waals surface area contributed by atoms with Crippen molar-refractivity contribution in [3.8, 4) is 11.3 Å². The summed E-state index contributed by atoms with van der Waals surface area (Å²) >= 11 is 5.37. The maximum atomic E-state index is 5.37. The smallest absolute Gasteiger partial charge is 0.133 e. The number of benzene rings is 1. The lowest BCUT2D eigenvalue weighted by Gasteiger charge is -2.25. The fraction of sp³-hybridized carbons (Fsp3) is 0.412. The highest BCUT2D eigenvalue weighted by Gasteiger charge is 2.19. The molecule has 1 fully saturated rings. The first-order valence-corrected chi connectivity index (χ1v) is 7.87. The molecule has 0 atom stereocenters. The van der Waals surface area contributed by atoms with Crippen molar-refractivity contribution in [2.75, 3.05) is 0 Å². The van der Waals surface area contributed by atoms with Crippen molar-refractivity contribution in [1.82, 2.24) is 9.97 Å². The van der Waals surface area contributed by atoms with Gasteiger partial charge in [0.15, 0.2) is 0 Å². The molecule has 1 aliphatic carbocycles. The quantitative estimate of drug-likeness (QED) is 0.798. The van der Waals surface area contributed by atoms with Gasteiger partial charge in [-0.1, -0.05) is 56.2 Å². The Morgan fingerprint density at radius 1 is 1.25 bits per heavy atom. The molecule has 0 saturated heterocycles. The maximum Gasteiger partial charge on any atom is 0.133 e.